The van der Waals surface area contributed by atoms with Gasteiger partial charge in [-0.2, -0.15) is 0 Å². The zero-order valence-corrected chi connectivity index (χ0v) is 32.5. The molecule has 4 aliphatic rings. The third-order valence-corrected chi connectivity index (χ3v) is 9.25. The highest BCUT2D eigenvalue weighted by Gasteiger charge is 2.36. The molecule has 7 atom stereocenters. The second-order valence-electron chi connectivity index (χ2n) is 14.5. The molecular formula is C38H54O19. The Bertz CT molecular complexity index is 1390. The number of esters is 4. The average Bonchev–Trinajstić information content (AvgIpc) is 3.09. The molecule has 19 heteroatoms. The number of aliphatic hydroxyl groups is 4. The fourth-order valence-corrected chi connectivity index (χ4v) is 7.07. The smallest absolute Gasteiger partial charge is 0.302 e. The molecule has 0 amide bonds. The van der Waals surface area contributed by atoms with E-state index in [0.717, 1.165) is 0 Å². The molecule has 4 fully saturated rings. The van der Waals surface area contributed by atoms with Crippen molar-refractivity contribution in [3.05, 3.63) is 0 Å². The number of ketones is 4. The summed E-state index contributed by atoms with van der Waals surface area (Å²) in [7, 11) is 0. The Labute approximate surface area is 329 Å². The molecule has 0 spiro atoms. The lowest BCUT2D eigenvalue weighted by atomic mass is 9.83. The second kappa shape index (κ2) is 25.6. The van der Waals surface area contributed by atoms with Crippen LogP contribution < -0.4 is 0 Å². The van der Waals surface area contributed by atoms with Crippen molar-refractivity contribution in [3.63, 3.8) is 0 Å². The first-order valence-corrected chi connectivity index (χ1v) is 18.6. The van der Waals surface area contributed by atoms with E-state index in [2.05, 4.69) is 0 Å². The molecule has 57 heavy (non-hydrogen) atoms. The van der Waals surface area contributed by atoms with Crippen LogP contribution in [0.15, 0.2) is 0 Å². The Morgan fingerprint density at radius 1 is 0.421 bits per heavy atom. The first kappa shape index (κ1) is 50.4. The van der Waals surface area contributed by atoms with Crippen molar-refractivity contribution in [2.45, 2.75) is 154 Å². The standard InChI is InChI=1S/C12H16O6.C10H14O5.C10H12O5.C6H12O3/c1-7(14)17-10-3-9(12(16)6-13)4-11(5-10)18-8(2)15;2*1-6(12)15-9-3-7(10(14)5-11)2-8(13)4-9;7-4-1-5(8)3-6(9)2-4/h6,9-11H,3-5H2,1-2H3;5,7-9,13H,2-4H2,1H3;5,7,9H,2-4H2,1H3;4-9H,1-3H2. The summed E-state index contributed by atoms with van der Waals surface area (Å²) < 4.78 is 19.8. The van der Waals surface area contributed by atoms with Gasteiger partial charge in [0.1, 0.15) is 30.2 Å². The van der Waals surface area contributed by atoms with Crippen molar-refractivity contribution in [3.8, 4) is 0 Å². The topological polar surface area (TPSA) is 306 Å². The van der Waals surface area contributed by atoms with E-state index in [-0.39, 0.29) is 50.3 Å². The zero-order chi connectivity index (χ0) is 43.4. The van der Waals surface area contributed by atoms with Gasteiger partial charge in [0.25, 0.3) is 0 Å². The first-order valence-electron chi connectivity index (χ1n) is 18.6. The van der Waals surface area contributed by atoms with Gasteiger partial charge in [0.2, 0.25) is 0 Å². The van der Waals surface area contributed by atoms with Crippen LogP contribution in [0.5, 0.6) is 0 Å². The molecule has 0 aromatic heterocycles. The van der Waals surface area contributed by atoms with Crippen molar-refractivity contribution < 1.29 is 92.1 Å². The van der Waals surface area contributed by atoms with Crippen LogP contribution in [0.4, 0.5) is 0 Å². The van der Waals surface area contributed by atoms with Gasteiger partial charge in [-0.15, -0.1) is 0 Å². The highest BCUT2D eigenvalue weighted by Crippen LogP contribution is 2.30. The molecule has 4 saturated carbocycles. The summed E-state index contributed by atoms with van der Waals surface area (Å²) in [6.07, 6.45) is 0.145. The molecule has 0 aliphatic heterocycles. The Hall–Kier alpha value is -4.59. The summed E-state index contributed by atoms with van der Waals surface area (Å²) in [5, 5.41) is 36.2. The Kier molecular flexibility index (Phi) is 22.7. The average molecular weight is 815 g/mol. The predicted octanol–water partition coefficient (Wildman–Crippen LogP) is -0.427. The van der Waals surface area contributed by atoms with Crippen LogP contribution in [0.25, 0.3) is 0 Å². The third kappa shape index (κ3) is 20.9. The van der Waals surface area contributed by atoms with Crippen molar-refractivity contribution in [1.82, 2.24) is 0 Å². The number of carbonyl (C=O) groups excluding carboxylic acids is 11. The van der Waals surface area contributed by atoms with E-state index < -0.39 is 108 Å². The van der Waals surface area contributed by atoms with Gasteiger partial charge >= 0.3 is 23.9 Å². The summed E-state index contributed by atoms with van der Waals surface area (Å²) in [6.45, 7) is 5.06. The highest BCUT2D eigenvalue weighted by atomic mass is 16.6. The number of rotatable bonds is 10. The monoisotopic (exact) mass is 814 g/mol. The Morgan fingerprint density at radius 2 is 0.719 bits per heavy atom. The number of aldehydes is 3. The van der Waals surface area contributed by atoms with Crippen LogP contribution in [-0.2, 0) is 71.7 Å². The van der Waals surface area contributed by atoms with Crippen LogP contribution >= 0.6 is 0 Å². The minimum atomic E-state index is -0.683. The number of aliphatic hydroxyl groups excluding tert-OH is 4. The Morgan fingerprint density at radius 3 is 1.09 bits per heavy atom. The van der Waals surface area contributed by atoms with Crippen molar-refractivity contribution >= 4 is 65.9 Å². The molecule has 4 N–H and O–H groups in total. The number of hydrogen-bond acceptors (Lipinski definition) is 19. The summed E-state index contributed by atoms with van der Waals surface area (Å²) in [4.78, 5) is 119. The SMILES string of the molecule is CC(=O)OC1CC(=O)CC(C(=O)C=O)C1.CC(=O)OC1CC(O)CC(C(=O)C=O)C1.CC(=O)OC1CC(OC(C)=O)CC(C(=O)C=O)C1.OC1CC(O)CC(O)C1. The van der Waals surface area contributed by atoms with Crippen LogP contribution in [0, 0.1) is 17.8 Å². The van der Waals surface area contributed by atoms with E-state index in [1.54, 1.807) is 0 Å². The van der Waals surface area contributed by atoms with Crippen LogP contribution in [0.3, 0.4) is 0 Å². The van der Waals surface area contributed by atoms with Crippen LogP contribution in [0.2, 0.25) is 0 Å². The molecule has 0 saturated heterocycles. The molecule has 4 aliphatic carbocycles. The fraction of sp³-hybridized carbons (Fsp3) is 0.711. The number of carbonyl (C=O) groups is 11. The molecular weight excluding hydrogens is 760 g/mol. The predicted molar refractivity (Wildman–Crippen MR) is 190 cm³/mol. The maximum Gasteiger partial charge on any atom is 0.302 e. The molecule has 4 rings (SSSR count). The van der Waals surface area contributed by atoms with E-state index in [1.165, 1.54) is 27.7 Å². The van der Waals surface area contributed by atoms with Gasteiger partial charge in [-0.3, -0.25) is 52.7 Å². The summed E-state index contributed by atoms with van der Waals surface area (Å²) in [6, 6.07) is 0. The zero-order valence-electron chi connectivity index (χ0n) is 32.5. The Balaban J connectivity index is 0.000000389. The number of Topliss-reactive ketones (excluding diaryl/α,β-unsaturated/α-hetero) is 4. The molecule has 320 valence electrons. The van der Waals surface area contributed by atoms with Gasteiger partial charge in [-0.25, -0.2) is 0 Å². The van der Waals surface area contributed by atoms with Crippen molar-refractivity contribution in [2.75, 3.05) is 0 Å². The normalized spacial score (nSPS) is 30.5. The largest absolute Gasteiger partial charge is 0.462 e. The maximum atomic E-state index is 11.4. The molecule has 0 bridgehead atoms. The molecule has 0 heterocycles. The van der Waals surface area contributed by atoms with Gasteiger partial charge < -0.3 is 39.4 Å². The van der Waals surface area contributed by atoms with Gasteiger partial charge in [0, 0.05) is 71.1 Å². The first-order chi connectivity index (χ1) is 26.6. The molecule has 0 aromatic rings. The van der Waals surface area contributed by atoms with Gasteiger partial charge in [0.05, 0.1) is 24.4 Å². The molecule has 19 nitrogen and oxygen atoms in total. The lowest BCUT2D eigenvalue weighted by molar-refractivity contribution is -0.160. The van der Waals surface area contributed by atoms with E-state index >= 15 is 0 Å². The van der Waals surface area contributed by atoms with Crippen molar-refractivity contribution in [1.29, 1.82) is 0 Å². The van der Waals surface area contributed by atoms with Gasteiger partial charge in [-0.05, 0) is 51.4 Å². The van der Waals surface area contributed by atoms with E-state index in [1.807, 2.05) is 0 Å². The van der Waals surface area contributed by atoms with Crippen LogP contribution in [-0.4, -0.2) is 135 Å². The molecule has 7 unspecified atom stereocenters. The lowest BCUT2D eigenvalue weighted by Crippen LogP contribution is -2.38. The van der Waals surface area contributed by atoms with E-state index in [9.17, 15) is 57.8 Å². The third-order valence-electron chi connectivity index (χ3n) is 9.25. The van der Waals surface area contributed by atoms with Gasteiger partial charge in [0.15, 0.2) is 36.2 Å². The summed E-state index contributed by atoms with van der Waals surface area (Å²) >= 11 is 0. The highest BCUT2D eigenvalue weighted by molar-refractivity contribution is 6.27. The van der Waals surface area contributed by atoms with Crippen molar-refractivity contribution in [2.24, 2.45) is 17.8 Å². The van der Waals surface area contributed by atoms with Gasteiger partial charge in [-0.1, -0.05) is 0 Å². The minimum absolute atomic E-state index is 0.0787. The quantitative estimate of drug-likeness (QED) is 0.0941. The second-order valence-corrected chi connectivity index (χ2v) is 14.5. The fourth-order valence-electron chi connectivity index (χ4n) is 7.07. The number of ether oxygens (including phenoxy) is 4. The molecule has 0 radical (unpaired) electrons. The van der Waals surface area contributed by atoms with E-state index in [4.69, 9.17) is 34.3 Å². The van der Waals surface area contributed by atoms with E-state index in [0.29, 0.717) is 51.4 Å². The molecule has 0 aromatic carbocycles. The summed E-state index contributed by atoms with van der Waals surface area (Å²) in [5.41, 5.74) is 0. The lowest BCUT2D eigenvalue weighted by Gasteiger charge is -2.32. The number of hydrogen-bond donors (Lipinski definition) is 4. The maximum absolute atomic E-state index is 11.4. The summed E-state index contributed by atoms with van der Waals surface area (Å²) in [5.74, 6) is -5.35. The van der Waals surface area contributed by atoms with Crippen LogP contribution in [0.1, 0.15) is 105 Å². The minimum Gasteiger partial charge on any atom is -0.462 e.